The van der Waals surface area contributed by atoms with E-state index in [0.29, 0.717) is 11.3 Å². The van der Waals surface area contributed by atoms with E-state index in [-0.39, 0.29) is 5.78 Å². The lowest BCUT2D eigenvalue weighted by Gasteiger charge is -2.16. The first kappa shape index (κ1) is 31.3. The quantitative estimate of drug-likeness (QED) is 0.149. The zero-order chi connectivity index (χ0) is 34.8. The Morgan fingerprint density at radius 1 is 0.500 bits per heavy atom. The molecule has 6 nitrogen and oxygen atoms in total. The predicted octanol–water partition coefficient (Wildman–Crippen LogP) is 7.42. The SMILES string of the molecule is COC1=CC=CC(=C2c3ccc([nH]3)/C(c3c(C)cc(C)cc3C)=c3/cc/c([nH]3)=c3\cc/c([nH]3)=C(\c3c(C)cc(C)cc3C)c3ccc2[nH]3)C1=O. The van der Waals surface area contributed by atoms with Crippen molar-refractivity contribution in [3.8, 4) is 0 Å². The van der Waals surface area contributed by atoms with Crippen LogP contribution in [-0.2, 0) is 9.53 Å². The van der Waals surface area contributed by atoms with Gasteiger partial charge in [0, 0.05) is 55.8 Å². The lowest BCUT2D eigenvalue weighted by Crippen LogP contribution is -2.13. The van der Waals surface area contributed by atoms with Crippen molar-refractivity contribution < 1.29 is 9.53 Å². The van der Waals surface area contributed by atoms with Crippen LogP contribution < -0.4 is 10.7 Å². The lowest BCUT2D eigenvalue weighted by molar-refractivity contribution is -0.114. The first-order valence-electron chi connectivity index (χ1n) is 17.0. The molecule has 4 N–H and O–H groups in total. The highest BCUT2D eigenvalue weighted by molar-refractivity contribution is 6.16. The van der Waals surface area contributed by atoms with E-state index in [1.807, 2.05) is 12.2 Å². The molecule has 0 unspecified atom stereocenters. The topological polar surface area (TPSA) is 89.5 Å². The van der Waals surface area contributed by atoms with Crippen molar-refractivity contribution in [1.29, 1.82) is 0 Å². The van der Waals surface area contributed by atoms with Gasteiger partial charge in [-0.1, -0.05) is 47.5 Å². The lowest BCUT2D eigenvalue weighted by atomic mass is 9.92. The zero-order valence-corrected chi connectivity index (χ0v) is 29.5. The van der Waals surface area contributed by atoms with E-state index in [1.54, 1.807) is 6.08 Å². The summed E-state index contributed by atoms with van der Waals surface area (Å²) in [5, 5.41) is 3.99. The maximum absolute atomic E-state index is 13.9. The minimum absolute atomic E-state index is 0.165. The Balaban J connectivity index is 1.54. The molecule has 2 aliphatic rings. The standard InChI is InChI=1S/C44H40N4O2/c1-23-19-25(3)39(26(4)20-23)42-34-13-11-30(45-34)31-12-14-35(46-31)43(40-27(5)21-24(2)22-28(40)6)37-18-16-33(48-37)41(32-15-17-36(42)47-32)29-9-8-10-38(50-7)44(29)49/h8-22,45-48H,1-7H3/b31-30-,42-34+,43-35+. The van der Waals surface area contributed by atoms with Gasteiger partial charge < -0.3 is 24.7 Å². The highest BCUT2D eigenvalue weighted by Gasteiger charge is 2.26. The summed E-state index contributed by atoms with van der Waals surface area (Å²) in [6.07, 6.45) is 5.47. The molecule has 0 saturated carbocycles. The van der Waals surface area contributed by atoms with Crippen LogP contribution in [0.25, 0.3) is 16.7 Å². The van der Waals surface area contributed by atoms with Gasteiger partial charge in [0.05, 0.1) is 17.8 Å². The van der Waals surface area contributed by atoms with E-state index in [0.717, 1.165) is 60.9 Å². The van der Waals surface area contributed by atoms with Gasteiger partial charge in [0.1, 0.15) is 0 Å². The van der Waals surface area contributed by atoms with E-state index in [4.69, 9.17) is 4.74 Å². The van der Waals surface area contributed by atoms with Crippen molar-refractivity contribution in [2.24, 2.45) is 0 Å². The fourth-order valence-electron chi connectivity index (χ4n) is 8.06. The summed E-state index contributed by atoms with van der Waals surface area (Å²) in [5.41, 5.74) is 16.6. The molecule has 0 saturated heterocycles. The molecule has 6 aromatic rings. The van der Waals surface area contributed by atoms with Crippen LogP contribution in [0.1, 0.15) is 67.3 Å². The maximum atomic E-state index is 13.9. The van der Waals surface area contributed by atoms with Crippen molar-refractivity contribution >= 4 is 22.5 Å². The Hall–Kier alpha value is -6.01. The number of rotatable bonds is 3. The second kappa shape index (κ2) is 11.8. The summed E-state index contributed by atoms with van der Waals surface area (Å²) >= 11 is 0. The van der Waals surface area contributed by atoms with E-state index >= 15 is 0 Å². The molecule has 8 rings (SSSR count). The number of methoxy groups -OCH3 is 1. The normalized spacial score (nSPS) is 17.1. The van der Waals surface area contributed by atoms with Crippen LogP contribution in [0.5, 0.6) is 0 Å². The van der Waals surface area contributed by atoms with Crippen LogP contribution in [0.3, 0.4) is 0 Å². The van der Waals surface area contributed by atoms with Crippen molar-refractivity contribution in [3.63, 3.8) is 0 Å². The minimum atomic E-state index is -0.165. The van der Waals surface area contributed by atoms with Crippen LogP contribution in [0.4, 0.5) is 0 Å². The van der Waals surface area contributed by atoms with Gasteiger partial charge in [-0.3, -0.25) is 4.79 Å². The summed E-state index contributed by atoms with van der Waals surface area (Å²) in [6, 6.07) is 25.9. The first-order valence-corrected chi connectivity index (χ1v) is 17.0. The number of H-pyrrole nitrogens is 4. The van der Waals surface area contributed by atoms with Crippen LogP contribution in [0.2, 0.25) is 0 Å². The molecule has 4 aromatic heterocycles. The number of aryl methyl sites for hydroxylation is 6. The van der Waals surface area contributed by atoms with Gasteiger partial charge in [0.15, 0.2) is 5.76 Å². The second-order valence-electron chi connectivity index (χ2n) is 13.7. The summed E-state index contributed by atoms with van der Waals surface area (Å²) in [5.74, 6) is 0.140. The molecule has 50 heavy (non-hydrogen) atoms. The molecule has 1 aliphatic heterocycles. The fraction of sp³-hybridized carbons (Fsp3) is 0.159. The van der Waals surface area contributed by atoms with E-state index in [2.05, 4.69) is 134 Å². The number of aromatic amines is 4. The maximum Gasteiger partial charge on any atom is 0.228 e. The number of carbonyl (C=O) groups excluding carboxylic acids is 1. The van der Waals surface area contributed by atoms with Gasteiger partial charge in [-0.15, -0.1) is 0 Å². The molecule has 0 atom stereocenters. The Labute approximate surface area is 291 Å². The van der Waals surface area contributed by atoms with Crippen molar-refractivity contribution in [2.75, 3.05) is 7.11 Å². The molecule has 0 fully saturated rings. The third-order valence-corrected chi connectivity index (χ3v) is 9.97. The van der Waals surface area contributed by atoms with Crippen LogP contribution >= 0.6 is 0 Å². The number of carbonyl (C=O) groups is 1. The number of hydrogen-bond donors (Lipinski definition) is 4. The van der Waals surface area contributed by atoms with Gasteiger partial charge in [0.2, 0.25) is 5.78 Å². The molecule has 1 aliphatic carbocycles. The van der Waals surface area contributed by atoms with Gasteiger partial charge >= 0.3 is 0 Å². The minimum Gasteiger partial charge on any atom is -0.493 e. The fourth-order valence-corrected chi connectivity index (χ4v) is 8.06. The molecule has 248 valence electrons. The number of benzene rings is 2. The number of ether oxygens (including phenoxy) is 1. The van der Waals surface area contributed by atoms with E-state index < -0.39 is 0 Å². The number of allylic oxidation sites excluding steroid dienone is 4. The Bertz CT molecular complexity index is 2510. The number of fused-ring (bicyclic) bond motifs is 8. The van der Waals surface area contributed by atoms with E-state index in [9.17, 15) is 4.79 Å². The number of aromatic nitrogens is 4. The zero-order valence-electron chi connectivity index (χ0n) is 29.5. The summed E-state index contributed by atoms with van der Waals surface area (Å²) in [4.78, 5) is 29.0. The molecular weight excluding hydrogens is 617 g/mol. The Kier molecular flexibility index (Phi) is 7.41. The van der Waals surface area contributed by atoms with Gasteiger partial charge in [-0.05, 0) is 130 Å². The monoisotopic (exact) mass is 656 g/mol. The Morgan fingerprint density at radius 3 is 1.32 bits per heavy atom. The predicted molar refractivity (Wildman–Crippen MR) is 200 cm³/mol. The van der Waals surface area contributed by atoms with Gasteiger partial charge in [-0.2, -0.15) is 0 Å². The third-order valence-electron chi connectivity index (χ3n) is 9.97. The molecule has 0 spiro atoms. The van der Waals surface area contributed by atoms with Crippen molar-refractivity contribution in [2.45, 2.75) is 41.5 Å². The third kappa shape index (κ3) is 5.07. The average Bonchev–Trinajstić information content (AvgIpc) is 3.89. The van der Waals surface area contributed by atoms with Crippen molar-refractivity contribution in [1.82, 2.24) is 19.9 Å². The highest BCUT2D eigenvalue weighted by Crippen LogP contribution is 2.35. The molecule has 2 aromatic carbocycles. The summed E-state index contributed by atoms with van der Waals surface area (Å²) in [7, 11) is 1.54. The number of hydrogen-bond acceptors (Lipinski definition) is 2. The van der Waals surface area contributed by atoms with Crippen LogP contribution in [-0.4, -0.2) is 32.8 Å². The van der Waals surface area contributed by atoms with Gasteiger partial charge in [0.25, 0.3) is 0 Å². The van der Waals surface area contributed by atoms with Crippen LogP contribution in [0.15, 0.2) is 102 Å². The molecule has 0 radical (unpaired) electrons. The largest absolute Gasteiger partial charge is 0.493 e. The van der Waals surface area contributed by atoms with Crippen molar-refractivity contribution in [3.05, 3.63) is 191 Å². The average molecular weight is 657 g/mol. The van der Waals surface area contributed by atoms with E-state index in [1.165, 1.54) is 51.6 Å². The first-order chi connectivity index (χ1) is 24.1. The number of Topliss-reactive ketones (excluding diaryl/α,β-unsaturated/α-hetero) is 1. The number of ketones is 1. The van der Waals surface area contributed by atoms with Crippen LogP contribution in [0, 0.1) is 52.2 Å². The summed E-state index contributed by atoms with van der Waals surface area (Å²) in [6.45, 7) is 13.0. The molecule has 6 heteroatoms. The smallest absolute Gasteiger partial charge is 0.228 e. The molecular formula is C44H40N4O2. The number of nitrogens with one attached hydrogen (secondary N) is 4. The summed E-state index contributed by atoms with van der Waals surface area (Å²) < 4.78 is 5.52. The highest BCUT2D eigenvalue weighted by atomic mass is 16.5. The Morgan fingerprint density at radius 2 is 0.900 bits per heavy atom. The molecule has 8 bridgehead atoms. The van der Waals surface area contributed by atoms with Gasteiger partial charge in [-0.25, -0.2) is 0 Å². The molecule has 0 amide bonds. The second-order valence-corrected chi connectivity index (χ2v) is 13.7. The molecule has 5 heterocycles.